The highest BCUT2D eigenvalue weighted by molar-refractivity contribution is 7.89. The van der Waals surface area contributed by atoms with Crippen molar-refractivity contribution in [2.45, 2.75) is 63.4 Å². The molecule has 4 rings (SSSR count). The van der Waals surface area contributed by atoms with Gasteiger partial charge in [-0.1, -0.05) is 49.7 Å². The summed E-state index contributed by atoms with van der Waals surface area (Å²) in [6.45, 7) is 6.26. The molecular weight excluding hydrogens is 544 g/mol. The molecule has 2 heterocycles. The van der Waals surface area contributed by atoms with E-state index in [-0.39, 0.29) is 42.1 Å². The third-order valence-electron chi connectivity index (χ3n) is 7.52. The van der Waals surface area contributed by atoms with Gasteiger partial charge in [0, 0.05) is 42.5 Å². The SMILES string of the molecule is Cc1ccc(S(=O)(=O)N[C@H](CC(C)C)C(=O)N2CCC(C(=O)N[C@@H](Cc3c[nH]c4ccccc34)C(=O)O)CC2)cc1. The minimum absolute atomic E-state index is 0.0677. The lowest BCUT2D eigenvalue weighted by molar-refractivity contribution is -0.143. The zero-order valence-corrected chi connectivity index (χ0v) is 24.4. The molecule has 0 unspecified atom stereocenters. The van der Waals surface area contributed by atoms with Crippen LogP contribution in [0.5, 0.6) is 0 Å². The number of nitrogens with one attached hydrogen (secondary N) is 3. The molecule has 2 amide bonds. The summed E-state index contributed by atoms with van der Waals surface area (Å²) in [6.07, 6.45) is 2.95. The summed E-state index contributed by atoms with van der Waals surface area (Å²) in [5.41, 5.74) is 2.63. The Bertz CT molecular complexity index is 1490. The van der Waals surface area contributed by atoms with E-state index in [9.17, 15) is 27.9 Å². The molecule has 1 fully saturated rings. The molecule has 2 atom stereocenters. The van der Waals surface area contributed by atoms with Crippen molar-refractivity contribution in [2.24, 2.45) is 11.8 Å². The van der Waals surface area contributed by atoms with Crippen LogP contribution in [0.3, 0.4) is 0 Å². The van der Waals surface area contributed by atoms with Gasteiger partial charge >= 0.3 is 5.97 Å². The maximum absolute atomic E-state index is 13.4. The number of hydrogen-bond donors (Lipinski definition) is 4. The van der Waals surface area contributed by atoms with Crippen molar-refractivity contribution in [1.29, 1.82) is 0 Å². The normalized spacial score (nSPS) is 16.0. The van der Waals surface area contributed by atoms with Crippen molar-refractivity contribution in [1.82, 2.24) is 19.9 Å². The van der Waals surface area contributed by atoms with Gasteiger partial charge < -0.3 is 20.3 Å². The van der Waals surface area contributed by atoms with Gasteiger partial charge in [0.2, 0.25) is 21.8 Å². The van der Waals surface area contributed by atoms with E-state index in [1.165, 1.54) is 12.1 Å². The number of carbonyl (C=O) groups excluding carboxylic acids is 2. The zero-order valence-electron chi connectivity index (χ0n) is 23.6. The summed E-state index contributed by atoms with van der Waals surface area (Å²) in [6, 6.07) is 12.0. The van der Waals surface area contributed by atoms with Crippen molar-refractivity contribution in [3.63, 3.8) is 0 Å². The lowest BCUT2D eigenvalue weighted by atomic mass is 9.94. The Morgan fingerprint density at radius 1 is 1.02 bits per heavy atom. The first-order valence-corrected chi connectivity index (χ1v) is 15.4. The minimum atomic E-state index is -3.91. The highest BCUT2D eigenvalue weighted by atomic mass is 32.2. The Hall–Kier alpha value is -3.70. The van der Waals surface area contributed by atoms with Gasteiger partial charge in [-0.2, -0.15) is 4.72 Å². The second-order valence-electron chi connectivity index (χ2n) is 11.2. The Kier molecular flexibility index (Phi) is 9.49. The number of sulfonamides is 1. The molecule has 1 aliphatic rings. The van der Waals surface area contributed by atoms with Crippen molar-refractivity contribution in [3.8, 4) is 0 Å². The first-order valence-electron chi connectivity index (χ1n) is 13.9. The van der Waals surface area contributed by atoms with Crippen molar-refractivity contribution >= 4 is 38.7 Å². The lowest BCUT2D eigenvalue weighted by Gasteiger charge is -2.34. The van der Waals surface area contributed by atoms with E-state index in [4.69, 9.17) is 0 Å². The Morgan fingerprint density at radius 3 is 2.32 bits per heavy atom. The summed E-state index contributed by atoms with van der Waals surface area (Å²) in [5.74, 6) is -2.18. The molecule has 0 radical (unpaired) electrons. The predicted octanol–water partition coefficient (Wildman–Crippen LogP) is 3.22. The fourth-order valence-electron chi connectivity index (χ4n) is 5.24. The molecule has 1 aromatic heterocycles. The van der Waals surface area contributed by atoms with Gasteiger partial charge in [0.15, 0.2) is 0 Å². The van der Waals surface area contributed by atoms with Crippen LogP contribution in [0.2, 0.25) is 0 Å². The third kappa shape index (κ3) is 7.53. The van der Waals surface area contributed by atoms with Crippen molar-refractivity contribution in [3.05, 3.63) is 65.9 Å². The Labute approximate surface area is 240 Å². The number of fused-ring (bicyclic) bond motifs is 1. The number of aliphatic carboxylic acids is 1. The average molecular weight is 583 g/mol. The quantitative estimate of drug-likeness (QED) is 0.273. The topological polar surface area (TPSA) is 149 Å². The number of aromatic amines is 1. The first-order chi connectivity index (χ1) is 19.4. The second-order valence-corrected chi connectivity index (χ2v) is 12.9. The molecule has 0 saturated carbocycles. The molecule has 0 spiro atoms. The molecule has 4 N–H and O–H groups in total. The molecule has 220 valence electrons. The molecule has 2 aromatic carbocycles. The highest BCUT2D eigenvalue weighted by Gasteiger charge is 2.34. The molecule has 0 bridgehead atoms. The van der Waals surface area contributed by atoms with Crippen molar-refractivity contribution in [2.75, 3.05) is 13.1 Å². The third-order valence-corrected chi connectivity index (χ3v) is 9.01. The van der Waals surface area contributed by atoms with Crippen LogP contribution in [0.25, 0.3) is 10.9 Å². The Balaban J connectivity index is 1.36. The zero-order chi connectivity index (χ0) is 29.7. The number of carboxylic acids is 1. The highest BCUT2D eigenvalue weighted by Crippen LogP contribution is 2.22. The number of nitrogens with zero attached hydrogens (tertiary/aromatic N) is 1. The molecule has 11 heteroatoms. The van der Waals surface area contributed by atoms with Crippen LogP contribution in [-0.2, 0) is 30.8 Å². The summed E-state index contributed by atoms with van der Waals surface area (Å²) in [7, 11) is -3.91. The van der Waals surface area contributed by atoms with E-state index in [0.717, 1.165) is 22.0 Å². The predicted molar refractivity (Wildman–Crippen MR) is 156 cm³/mol. The summed E-state index contributed by atoms with van der Waals surface area (Å²) in [4.78, 5) is 43.3. The van der Waals surface area contributed by atoms with Crippen LogP contribution in [0.1, 0.15) is 44.2 Å². The number of aryl methyl sites for hydroxylation is 1. The van der Waals surface area contributed by atoms with E-state index < -0.39 is 34.0 Å². The van der Waals surface area contributed by atoms with Crippen LogP contribution < -0.4 is 10.0 Å². The second kappa shape index (κ2) is 12.9. The van der Waals surface area contributed by atoms with Crippen LogP contribution in [0.4, 0.5) is 0 Å². The van der Waals surface area contributed by atoms with Crippen molar-refractivity contribution < 1.29 is 27.9 Å². The maximum atomic E-state index is 13.4. The van der Waals surface area contributed by atoms with E-state index in [1.54, 1.807) is 23.2 Å². The maximum Gasteiger partial charge on any atom is 0.326 e. The van der Waals surface area contributed by atoms with Gasteiger partial charge in [-0.15, -0.1) is 0 Å². The van der Waals surface area contributed by atoms with Gasteiger partial charge in [-0.05, 0) is 55.9 Å². The van der Waals surface area contributed by atoms with Gasteiger partial charge in [-0.3, -0.25) is 9.59 Å². The number of benzene rings is 2. The number of H-pyrrole nitrogens is 1. The minimum Gasteiger partial charge on any atom is -0.480 e. The molecule has 1 saturated heterocycles. The number of rotatable bonds is 11. The summed E-state index contributed by atoms with van der Waals surface area (Å²) >= 11 is 0. The molecule has 3 aromatic rings. The smallest absolute Gasteiger partial charge is 0.326 e. The van der Waals surface area contributed by atoms with E-state index >= 15 is 0 Å². The summed E-state index contributed by atoms with van der Waals surface area (Å²) in [5, 5.41) is 13.4. The fourth-order valence-corrected chi connectivity index (χ4v) is 6.44. The summed E-state index contributed by atoms with van der Waals surface area (Å²) < 4.78 is 28.6. The van der Waals surface area contributed by atoms with Crippen LogP contribution >= 0.6 is 0 Å². The molecule has 1 aliphatic heterocycles. The number of aromatic nitrogens is 1. The number of amides is 2. The largest absolute Gasteiger partial charge is 0.480 e. The standard InChI is InChI=1S/C30H38N4O6S/c1-19(2)16-26(33-41(39,40)23-10-8-20(3)9-11-23)29(36)34-14-12-21(13-15-34)28(35)32-27(30(37)38)17-22-18-31-25-7-5-4-6-24(22)25/h4-11,18-19,21,26-27,31,33H,12-17H2,1-3H3,(H,32,35)(H,37,38)/t26-,27+/m1/s1. The Morgan fingerprint density at radius 2 is 1.68 bits per heavy atom. The van der Waals surface area contributed by atoms with Crippen LogP contribution in [0, 0.1) is 18.8 Å². The van der Waals surface area contributed by atoms with E-state index in [1.807, 2.05) is 45.0 Å². The van der Waals surface area contributed by atoms with Crippen LogP contribution in [-0.4, -0.2) is 66.4 Å². The molecule has 0 aliphatic carbocycles. The number of carboxylic acid groups (broad SMARTS) is 1. The van der Waals surface area contributed by atoms with Gasteiger partial charge in [0.05, 0.1) is 4.90 Å². The number of carbonyl (C=O) groups is 3. The number of likely N-dealkylation sites (tertiary alicyclic amines) is 1. The number of para-hydroxylation sites is 1. The molecular formula is C30H38N4O6S. The van der Waals surface area contributed by atoms with E-state index in [2.05, 4.69) is 15.0 Å². The first kappa shape index (κ1) is 30.3. The lowest BCUT2D eigenvalue weighted by Crippen LogP contribution is -2.53. The van der Waals surface area contributed by atoms with E-state index in [0.29, 0.717) is 19.3 Å². The van der Waals surface area contributed by atoms with Gasteiger partial charge in [-0.25, -0.2) is 13.2 Å². The monoisotopic (exact) mass is 582 g/mol. The molecule has 41 heavy (non-hydrogen) atoms. The van der Waals surface area contributed by atoms with Gasteiger partial charge in [0.25, 0.3) is 0 Å². The average Bonchev–Trinajstić information content (AvgIpc) is 3.34. The number of piperidine rings is 1. The van der Waals surface area contributed by atoms with Crippen LogP contribution in [0.15, 0.2) is 59.6 Å². The molecule has 10 nitrogen and oxygen atoms in total. The number of hydrogen-bond acceptors (Lipinski definition) is 5. The van der Waals surface area contributed by atoms with Gasteiger partial charge in [0.1, 0.15) is 12.1 Å². The fraction of sp³-hybridized carbons (Fsp3) is 0.433.